The molecule has 0 aliphatic carbocycles. The molecule has 1 rings (SSSR count). The van der Waals surface area contributed by atoms with E-state index >= 15 is 0 Å². The minimum Gasteiger partial charge on any atom is -0.198 e. The van der Waals surface area contributed by atoms with Crippen LogP contribution in [-0.2, 0) is 23.9 Å². The summed E-state index contributed by atoms with van der Waals surface area (Å²) in [5.41, 5.74) is 0. The van der Waals surface area contributed by atoms with Gasteiger partial charge in [-0.25, -0.2) is 0 Å². The van der Waals surface area contributed by atoms with Crippen LogP contribution in [0.4, 0.5) is 0 Å². The van der Waals surface area contributed by atoms with E-state index in [9.17, 15) is 16.8 Å². The van der Waals surface area contributed by atoms with Crippen molar-refractivity contribution in [1.29, 1.82) is 0 Å². The van der Waals surface area contributed by atoms with Gasteiger partial charge in [0.15, 0.2) is 0 Å². The van der Waals surface area contributed by atoms with E-state index in [4.69, 9.17) is 0 Å². The van der Waals surface area contributed by atoms with Crippen LogP contribution in [0.3, 0.4) is 0 Å². The quantitative estimate of drug-likeness (QED) is 0.524. The number of hydrogen-bond acceptors (Lipinski definition) is 5. The van der Waals surface area contributed by atoms with Crippen molar-refractivity contribution in [1.82, 2.24) is 0 Å². The Morgan fingerprint density at radius 2 is 1.18 bits per heavy atom. The second kappa shape index (κ2) is 2.18. The molecule has 66 valence electrons. The lowest BCUT2D eigenvalue weighted by atomic mass is 10.4. The van der Waals surface area contributed by atoms with Crippen LogP contribution >= 0.6 is 0 Å². The minimum absolute atomic E-state index is 0.965. The highest BCUT2D eigenvalue weighted by Gasteiger charge is 2.47. The van der Waals surface area contributed by atoms with E-state index in [2.05, 4.69) is 3.63 Å². The van der Waals surface area contributed by atoms with Gasteiger partial charge in [0.25, 0.3) is 20.2 Å². The summed E-state index contributed by atoms with van der Waals surface area (Å²) in [6, 6.07) is 0. The molecule has 1 aliphatic heterocycles. The molecule has 0 radical (unpaired) electrons. The Morgan fingerprint density at radius 1 is 0.909 bits per heavy atom. The Morgan fingerprint density at radius 3 is 1.27 bits per heavy atom. The summed E-state index contributed by atoms with van der Waals surface area (Å²) < 4.78 is 47.0. The Labute approximate surface area is 65.6 Å². The molecule has 1 heterocycles. The molecule has 1 aliphatic rings. The van der Waals surface area contributed by atoms with Gasteiger partial charge in [0.1, 0.15) is 10.5 Å². The molecule has 11 heavy (non-hydrogen) atoms. The molecular weight excluding hydrogens is 192 g/mol. The summed E-state index contributed by atoms with van der Waals surface area (Å²) >= 11 is 0. The van der Waals surface area contributed by atoms with E-state index in [-0.39, 0.29) is 0 Å². The zero-order chi connectivity index (χ0) is 8.86. The van der Waals surface area contributed by atoms with Gasteiger partial charge in [0.05, 0.1) is 0 Å². The van der Waals surface area contributed by atoms with Gasteiger partial charge in [-0.05, 0) is 13.8 Å². The highest BCUT2D eigenvalue weighted by Crippen LogP contribution is 2.26. The highest BCUT2D eigenvalue weighted by molar-refractivity contribution is 8.04. The van der Waals surface area contributed by atoms with Crippen LogP contribution in [0.2, 0.25) is 0 Å². The van der Waals surface area contributed by atoms with Crippen LogP contribution in [-0.4, -0.2) is 27.3 Å². The monoisotopic (exact) mass is 200 g/mol. The maximum absolute atomic E-state index is 10.8. The Kier molecular flexibility index (Phi) is 1.77. The Balaban J connectivity index is 3.27. The van der Waals surface area contributed by atoms with Crippen molar-refractivity contribution in [2.75, 3.05) is 0 Å². The maximum Gasteiger partial charge on any atom is 0.285 e. The molecule has 0 bridgehead atoms. The Bertz CT molecular complexity index is 314. The third kappa shape index (κ3) is 1.27. The van der Waals surface area contributed by atoms with Crippen molar-refractivity contribution in [2.24, 2.45) is 0 Å². The van der Waals surface area contributed by atoms with E-state index < -0.39 is 30.7 Å². The standard InChI is InChI=1S/C4H8O5S2/c1-3-4(2)11(7,8)9-10(3,5)6/h3-4H,1-2H3. The molecule has 1 saturated heterocycles. The average molecular weight is 200 g/mol. The van der Waals surface area contributed by atoms with Gasteiger partial charge in [-0.3, -0.25) is 0 Å². The largest absolute Gasteiger partial charge is 0.285 e. The normalized spacial score (nSPS) is 40.5. The smallest absolute Gasteiger partial charge is 0.198 e. The Hall–Kier alpha value is -0.140. The van der Waals surface area contributed by atoms with E-state index in [1.165, 1.54) is 13.8 Å². The summed E-state index contributed by atoms with van der Waals surface area (Å²) in [5.74, 6) is 0. The fourth-order valence-electron chi connectivity index (χ4n) is 0.726. The van der Waals surface area contributed by atoms with Crippen molar-refractivity contribution in [3.05, 3.63) is 0 Å². The van der Waals surface area contributed by atoms with E-state index in [0.717, 1.165) is 0 Å². The zero-order valence-electron chi connectivity index (χ0n) is 6.01. The summed E-state index contributed by atoms with van der Waals surface area (Å²) in [4.78, 5) is 0. The molecule has 5 nitrogen and oxygen atoms in total. The molecule has 1 fully saturated rings. The summed E-state index contributed by atoms with van der Waals surface area (Å²) in [6.07, 6.45) is 0. The molecule has 2 unspecified atom stereocenters. The molecule has 2 atom stereocenters. The van der Waals surface area contributed by atoms with Crippen molar-refractivity contribution in [3.8, 4) is 0 Å². The lowest BCUT2D eigenvalue weighted by Gasteiger charge is -1.99. The lowest BCUT2D eigenvalue weighted by Crippen LogP contribution is -2.22. The first-order valence-electron chi connectivity index (χ1n) is 2.96. The predicted octanol–water partition coefficient (Wildman–Crippen LogP) is -0.547. The van der Waals surface area contributed by atoms with Crippen LogP contribution in [0.25, 0.3) is 0 Å². The fourth-order valence-corrected chi connectivity index (χ4v) is 4.53. The fraction of sp³-hybridized carbons (Fsp3) is 1.00. The number of rotatable bonds is 0. The molecule has 7 heteroatoms. The average Bonchev–Trinajstić information content (AvgIpc) is 1.91. The maximum atomic E-state index is 10.8. The van der Waals surface area contributed by atoms with Crippen LogP contribution in [0.5, 0.6) is 0 Å². The highest BCUT2D eigenvalue weighted by atomic mass is 32.3. The van der Waals surface area contributed by atoms with E-state index in [1.807, 2.05) is 0 Å². The van der Waals surface area contributed by atoms with Gasteiger partial charge in [-0.1, -0.05) is 0 Å². The van der Waals surface area contributed by atoms with Gasteiger partial charge >= 0.3 is 0 Å². The van der Waals surface area contributed by atoms with Gasteiger partial charge in [0.2, 0.25) is 0 Å². The summed E-state index contributed by atoms with van der Waals surface area (Å²) in [7, 11) is -7.74. The second-order valence-corrected chi connectivity index (χ2v) is 6.47. The third-order valence-corrected chi connectivity index (χ3v) is 6.09. The lowest BCUT2D eigenvalue weighted by molar-refractivity contribution is 0.475. The van der Waals surface area contributed by atoms with Crippen molar-refractivity contribution < 1.29 is 20.5 Å². The van der Waals surface area contributed by atoms with Gasteiger partial charge in [0, 0.05) is 0 Å². The van der Waals surface area contributed by atoms with Gasteiger partial charge < -0.3 is 0 Å². The summed E-state index contributed by atoms with van der Waals surface area (Å²) in [5, 5.41) is -1.93. The second-order valence-electron chi connectivity index (χ2n) is 2.46. The van der Waals surface area contributed by atoms with Crippen LogP contribution in [0.1, 0.15) is 13.8 Å². The van der Waals surface area contributed by atoms with Gasteiger partial charge in [-0.2, -0.15) is 16.8 Å². The first-order chi connectivity index (χ1) is 4.77. The molecule has 0 aromatic heterocycles. The summed E-state index contributed by atoms with van der Waals surface area (Å²) in [6.45, 7) is 2.62. The van der Waals surface area contributed by atoms with E-state index in [1.54, 1.807) is 0 Å². The molecule has 0 N–H and O–H groups in total. The molecule has 0 saturated carbocycles. The third-order valence-electron chi connectivity index (χ3n) is 1.76. The molecule has 0 aromatic carbocycles. The topological polar surface area (TPSA) is 77.5 Å². The van der Waals surface area contributed by atoms with Crippen molar-refractivity contribution >= 4 is 20.2 Å². The molecule has 0 amide bonds. The SMILES string of the molecule is CC1C(C)S(=O)(=O)OS1(=O)=O. The van der Waals surface area contributed by atoms with Gasteiger partial charge in [-0.15, -0.1) is 3.63 Å². The first kappa shape index (κ1) is 8.95. The van der Waals surface area contributed by atoms with E-state index in [0.29, 0.717) is 0 Å². The first-order valence-corrected chi connectivity index (χ1v) is 5.90. The van der Waals surface area contributed by atoms with Crippen LogP contribution < -0.4 is 0 Å². The van der Waals surface area contributed by atoms with Crippen LogP contribution in [0, 0.1) is 0 Å². The molecule has 0 spiro atoms. The minimum atomic E-state index is -3.87. The molecule has 0 aromatic rings. The van der Waals surface area contributed by atoms with Crippen molar-refractivity contribution in [3.63, 3.8) is 0 Å². The van der Waals surface area contributed by atoms with Crippen LogP contribution in [0.15, 0.2) is 0 Å². The number of hydrogen-bond donors (Lipinski definition) is 0. The molecular formula is C4H8O5S2. The predicted molar refractivity (Wildman–Crippen MR) is 37.8 cm³/mol. The zero-order valence-corrected chi connectivity index (χ0v) is 7.65. The van der Waals surface area contributed by atoms with Crippen molar-refractivity contribution in [2.45, 2.75) is 24.3 Å².